The Hall–Kier alpha value is -0.380. The summed E-state index contributed by atoms with van der Waals surface area (Å²) < 4.78 is 17.5. The van der Waals surface area contributed by atoms with Gasteiger partial charge < -0.3 is 4.74 Å². The third kappa shape index (κ3) is 4.41. The van der Waals surface area contributed by atoms with Crippen molar-refractivity contribution in [2.24, 2.45) is 0 Å². The molecule has 0 radical (unpaired) electrons. The molecule has 0 aromatic carbocycles. The maximum absolute atomic E-state index is 12.4. The van der Waals surface area contributed by atoms with Crippen molar-refractivity contribution in [3.05, 3.63) is 0 Å². The molecule has 0 amide bonds. The Morgan fingerprint density at radius 3 is 2.47 bits per heavy atom. The normalized spacial score (nSPS) is 20.8. The summed E-state index contributed by atoms with van der Waals surface area (Å²) in [7, 11) is -1.05. The summed E-state index contributed by atoms with van der Waals surface area (Å²) in [6.07, 6.45) is 7.12. The fraction of sp³-hybridized carbons (Fsp3) is 0.923. The van der Waals surface area contributed by atoms with Crippen LogP contribution in [-0.2, 0) is 20.3 Å². The van der Waals surface area contributed by atoms with Crippen molar-refractivity contribution in [3.8, 4) is 0 Å². The molecule has 4 heteroatoms. The van der Waals surface area contributed by atoms with Crippen molar-refractivity contribution >= 4 is 16.8 Å². The summed E-state index contributed by atoms with van der Waals surface area (Å²) in [6, 6.07) is 0. The van der Waals surface area contributed by atoms with Gasteiger partial charge >= 0.3 is 5.97 Å². The van der Waals surface area contributed by atoms with Crippen molar-refractivity contribution in [1.82, 2.24) is 0 Å². The predicted octanol–water partition coefficient (Wildman–Crippen LogP) is 2.80. The van der Waals surface area contributed by atoms with Crippen LogP contribution in [0.5, 0.6) is 0 Å². The van der Waals surface area contributed by atoms with E-state index >= 15 is 0 Å². The first-order valence-electron chi connectivity index (χ1n) is 6.76. The molecule has 100 valence electrons. The van der Waals surface area contributed by atoms with Gasteiger partial charge in [-0.1, -0.05) is 32.6 Å². The van der Waals surface area contributed by atoms with Crippen LogP contribution < -0.4 is 0 Å². The zero-order chi connectivity index (χ0) is 12.7. The second-order valence-electron chi connectivity index (χ2n) is 4.62. The van der Waals surface area contributed by atoms with E-state index in [1.54, 1.807) is 6.92 Å². The van der Waals surface area contributed by atoms with Gasteiger partial charge in [0.05, 0.1) is 6.61 Å². The average Bonchev–Trinajstić information content (AvgIpc) is 2.36. The molecule has 1 rings (SSSR count). The molecule has 0 aromatic rings. The molecule has 17 heavy (non-hydrogen) atoms. The monoisotopic (exact) mass is 260 g/mol. The van der Waals surface area contributed by atoms with E-state index in [1.165, 1.54) is 6.42 Å². The van der Waals surface area contributed by atoms with E-state index < -0.39 is 16.0 Å². The lowest BCUT2D eigenvalue weighted by Gasteiger charge is -2.25. The molecule has 1 aliphatic carbocycles. The SMILES string of the molecule is CCCC(C(=O)OCC)S(=O)C1CCCCC1. The fourth-order valence-corrected chi connectivity index (χ4v) is 4.34. The first-order chi connectivity index (χ1) is 8.20. The standard InChI is InChI=1S/C13H24O3S/c1-3-8-12(13(14)16-4-2)17(15)11-9-6-5-7-10-11/h11-12H,3-10H2,1-2H3. The van der Waals surface area contributed by atoms with E-state index in [2.05, 4.69) is 0 Å². The molecule has 1 saturated carbocycles. The highest BCUT2D eigenvalue weighted by atomic mass is 32.2. The largest absolute Gasteiger partial charge is 0.465 e. The highest BCUT2D eigenvalue weighted by Gasteiger charge is 2.31. The molecular weight excluding hydrogens is 236 g/mol. The number of ether oxygens (including phenoxy) is 1. The maximum atomic E-state index is 12.4. The smallest absolute Gasteiger partial charge is 0.321 e. The Labute approximate surface area is 107 Å². The van der Waals surface area contributed by atoms with Crippen LogP contribution in [-0.4, -0.2) is 27.3 Å². The van der Waals surface area contributed by atoms with E-state index in [-0.39, 0.29) is 11.2 Å². The van der Waals surface area contributed by atoms with Gasteiger partial charge in [-0.2, -0.15) is 0 Å². The number of rotatable bonds is 6. The van der Waals surface area contributed by atoms with Crippen molar-refractivity contribution in [2.75, 3.05) is 6.61 Å². The third-order valence-corrected chi connectivity index (χ3v) is 5.38. The summed E-state index contributed by atoms with van der Waals surface area (Å²) in [5, 5.41) is -0.187. The minimum atomic E-state index is -1.05. The molecule has 2 atom stereocenters. The lowest BCUT2D eigenvalue weighted by molar-refractivity contribution is -0.142. The van der Waals surface area contributed by atoms with E-state index in [4.69, 9.17) is 4.74 Å². The molecule has 1 aliphatic rings. The first-order valence-corrected chi connectivity index (χ1v) is 8.04. The molecule has 0 bridgehead atoms. The number of hydrogen-bond donors (Lipinski definition) is 0. The zero-order valence-corrected chi connectivity index (χ0v) is 11.8. The summed E-state index contributed by atoms with van der Waals surface area (Å²) in [6.45, 7) is 4.19. The Morgan fingerprint density at radius 2 is 1.94 bits per heavy atom. The molecule has 1 fully saturated rings. The predicted molar refractivity (Wildman–Crippen MR) is 70.3 cm³/mol. The van der Waals surface area contributed by atoms with Gasteiger partial charge in [0.15, 0.2) is 0 Å². The summed E-state index contributed by atoms with van der Waals surface area (Å²) in [5.41, 5.74) is 0. The van der Waals surface area contributed by atoms with Gasteiger partial charge in [0.2, 0.25) is 0 Å². The first kappa shape index (κ1) is 14.7. The van der Waals surface area contributed by atoms with Gasteiger partial charge in [0.1, 0.15) is 5.25 Å². The Bertz CT molecular complexity index is 259. The summed E-state index contributed by atoms with van der Waals surface area (Å²) in [5.74, 6) is -0.266. The lowest BCUT2D eigenvalue weighted by atomic mass is 10.0. The van der Waals surface area contributed by atoms with Gasteiger partial charge in [0, 0.05) is 16.0 Å². The van der Waals surface area contributed by atoms with Gasteiger partial charge in [-0.25, -0.2) is 0 Å². The number of carbonyl (C=O) groups excluding carboxylic acids is 1. The quantitative estimate of drug-likeness (QED) is 0.690. The van der Waals surface area contributed by atoms with Crippen LogP contribution in [0.3, 0.4) is 0 Å². The summed E-state index contributed by atoms with van der Waals surface area (Å²) in [4.78, 5) is 11.8. The second kappa shape index (κ2) is 7.85. The molecule has 0 aliphatic heterocycles. The Balaban J connectivity index is 2.61. The minimum Gasteiger partial charge on any atom is -0.465 e. The molecule has 3 nitrogen and oxygen atoms in total. The molecule has 0 heterocycles. The van der Waals surface area contributed by atoms with Crippen LogP contribution in [0, 0.1) is 0 Å². The van der Waals surface area contributed by atoms with E-state index in [0.29, 0.717) is 13.0 Å². The Morgan fingerprint density at radius 1 is 1.29 bits per heavy atom. The lowest BCUT2D eigenvalue weighted by Crippen LogP contribution is -2.35. The van der Waals surface area contributed by atoms with Crippen LogP contribution >= 0.6 is 0 Å². The molecule has 0 spiro atoms. The van der Waals surface area contributed by atoms with E-state index in [9.17, 15) is 9.00 Å². The van der Waals surface area contributed by atoms with Crippen molar-refractivity contribution in [2.45, 2.75) is 69.3 Å². The van der Waals surface area contributed by atoms with Crippen molar-refractivity contribution in [3.63, 3.8) is 0 Å². The van der Waals surface area contributed by atoms with Gasteiger partial charge in [-0.15, -0.1) is 0 Å². The van der Waals surface area contributed by atoms with E-state index in [0.717, 1.165) is 32.1 Å². The number of esters is 1. The molecule has 2 unspecified atom stereocenters. The highest BCUT2D eigenvalue weighted by molar-refractivity contribution is 7.87. The Kier molecular flexibility index (Phi) is 6.78. The van der Waals surface area contributed by atoms with Gasteiger partial charge in [-0.05, 0) is 26.2 Å². The highest BCUT2D eigenvalue weighted by Crippen LogP contribution is 2.25. The van der Waals surface area contributed by atoms with Crippen LogP contribution in [0.1, 0.15) is 58.8 Å². The third-order valence-electron chi connectivity index (χ3n) is 3.26. The number of hydrogen-bond acceptors (Lipinski definition) is 3. The van der Waals surface area contributed by atoms with Crippen LogP contribution in [0.2, 0.25) is 0 Å². The second-order valence-corrected chi connectivity index (χ2v) is 6.51. The number of carbonyl (C=O) groups is 1. The van der Waals surface area contributed by atoms with Crippen molar-refractivity contribution < 1.29 is 13.7 Å². The molecule has 0 aromatic heterocycles. The van der Waals surface area contributed by atoms with Crippen LogP contribution in [0.4, 0.5) is 0 Å². The minimum absolute atomic E-state index is 0.213. The maximum Gasteiger partial charge on any atom is 0.321 e. The average molecular weight is 260 g/mol. The van der Waals surface area contributed by atoms with Crippen molar-refractivity contribution in [1.29, 1.82) is 0 Å². The van der Waals surface area contributed by atoms with Crippen LogP contribution in [0.25, 0.3) is 0 Å². The molecule has 0 saturated heterocycles. The molecule has 0 N–H and O–H groups in total. The summed E-state index contributed by atoms with van der Waals surface area (Å²) >= 11 is 0. The fourth-order valence-electron chi connectivity index (χ4n) is 2.36. The van der Waals surface area contributed by atoms with Gasteiger partial charge in [-0.3, -0.25) is 9.00 Å². The zero-order valence-electron chi connectivity index (χ0n) is 10.9. The molecular formula is C13H24O3S. The van der Waals surface area contributed by atoms with E-state index in [1.807, 2.05) is 6.92 Å². The van der Waals surface area contributed by atoms with Gasteiger partial charge in [0.25, 0.3) is 0 Å². The van der Waals surface area contributed by atoms with Crippen LogP contribution in [0.15, 0.2) is 0 Å². The topological polar surface area (TPSA) is 43.4 Å².